The van der Waals surface area contributed by atoms with Crippen LogP contribution >= 0.6 is 0 Å². The minimum Gasteiger partial charge on any atom is -0.496 e. The molecule has 0 aliphatic heterocycles. The van der Waals surface area contributed by atoms with E-state index in [0.29, 0.717) is 12.2 Å². The fourth-order valence-electron chi connectivity index (χ4n) is 2.63. The molecule has 2 aromatic carbocycles. The summed E-state index contributed by atoms with van der Waals surface area (Å²) in [5.74, 6) is 0.628. The number of nitrogens with one attached hydrogen (secondary N) is 1. The minimum absolute atomic E-state index is 0.140. The van der Waals surface area contributed by atoms with E-state index >= 15 is 0 Å². The van der Waals surface area contributed by atoms with Gasteiger partial charge >= 0.3 is 0 Å². The molecule has 2 rings (SSSR count). The van der Waals surface area contributed by atoms with Crippen molar-refractivity contribution in [1.29, 1.82) is 0 Å². The number of ether oxygens (including phenoxy) is 2. The number of rotatable bonds is 6. The Balaban J connectivity index is 2.26. The van der Waals surface area contributed by atoms with E-state index in [0.717, 1.165) is 16.9 Å². The Morgan fingerprint density at radius 3 is 2.39 bits per heavy atom. The Morgan fingerprint density at radius 2 is 1.83 bits per heavy atom. The molecule has 0 heterocycles. The van der Waals surface area contributed by atoms with Gasteiger partial charge in [0.25, 0.3) is 5.91 Å². The van der Waals surface area contributed by atoms with Crippen molar-refractivity contribution >= 4 is 5.91 Å². The highest BCUT2D eigenvalue weighted by Gasteiger charge is 2.29. The second-order valence-electron chi connectivity index (χ2n) is 5.77. The lowest BCUT2D eigenvalue weighted by molar-refractivity contribution is 0.0786. The maximum Gasteiger partial charge on any atom is 0.252 e. The summed E-state index contributed by atoms with van der Waals surface area (Å²) in [7, 11) is 3.25. The molecule has 1 amide bonds. The van der Waals surface area contributed by atoms with E-state index in [4.69, 9.17) is 9.47 Å². The molecule has 1 atom stereocenters. The average molecular weight is 313 g/mol. The monoisotopic (exact) mass is 313 g/mol. The third-order valence-electron chi connectivity index (χ3n) is 3.89. The van der Waals surface area contributed by atoms with Crippen LogP contribution in [-0.2, 0) is 10.3 Å². The molecule has 0 spiro atoms. The normalized spacial score (nSPS) is 13.2. The topological polar surface area (TPSA) is 47.6 Å². The Morgan fingerprint density at radius 1 is 1.13 bits per heavy atom. The van der Waals surface area contributed by atoms with E-state index < -0.39 is 5.54 Å². The van der Waals surface area contributed by atoms with Crippen molar-refractivity contribution < 1.29 is 14.3 Å². The molecule has 1 N–H and O–H groups in total. The molecule has 0 fully saturated rings. The van der Waals surface area contributed by atoms with E-state index in [9.17, 15) is 4.79 Å². The zero-order chi connectivity index (χ0) is 16.9. The minimum atomic E-state index is -0.596. The van der Waals surface area contributed by atoms with Crippen molar-refractivity contribution in [1.82, 2.24) is 5.32 Å². The van der Waals surface area contributed by atoms with Crippen LogP contribution in [0.4, 0.5) is 0 Å². The molecule has 0 saturated carbocycles. The van der Waals surface area contributed by atoms with Crippen LogP contribution in [0.3, 0.4) is 0 Å². The summed E-state index contributed by atoms with van der Waals surface area (Å²) in [6, 6.07) is 15.2. The highest BCUT2D eigenvalue weighted by atomic mass is 16.5. The number of carbonyl (C=O) groups is 1. The molecular formula is C19H23NO3. The summed E-state index contributed by atoms with van der Waals surface area (Å²) in [6.07, 6.45) is 0. The zero-order valence-electron chi connectivity index (χ0n) is 14.1. The molecule has 23 heavy (non-hydrogen) atoms. The fourth-order valence-corrected chi connectivity index (χ4v) is 2.63. The Kier molecular flexibility index (Phi) is 5.40. The van der Waals surface area contributed by atoms with Crippen LogP contribution in [-0.4, -0.2) is 26.7 Å². The van der Waals surface area contributed by atoms with E-state index in [-0.39, 0.29) is 5.91 Å². The predicted molar refractivity (Wildman–Crippen MR) is 90.9 cm³/mol. The first-order valence-electron chi connectivity index (χ1n) is 7.52. The lowest BCUT2D eigenvalue weighted by atomic mass is 9.92. The van der Waals surface area contributed by atoms with Gasteiger partial charge in [-0.1, -0.05) is 30.3 Å². The molecule has 2 aromatic rings. The standard InChI is InChI=1S/C19H23NO3/c1-14-12-15(10-11-17(14)23-4)18(21)20-19(2,13-22-3)16-8-6-5-7-9-16/h5-12H,13H2,1-4H3,(H,20,21). The molecule has 0 saturated heterocycles. The van der Waals surface area contributed by atoms with Gasteiger partial charge in [-0.05, 0) is 43.2 Å². The van der Waals surface area contributed by atoms with Crippen molar-refractivity contribution in [2.24, 2.45) is 0 Å². The molecule has 0 aliphatic rings. The Bertz CT molecular complexity index is 670. The van der Waals surface area contributed by atoms with Crippen LogP contribution in [0.25, 0.3) is 0 Å². The van der Waals surface area contributed by atoms with E-state index in [1.807, 2.05) is 50.2 Å². The van der Waals surface area contributed by atoms with Gasteiger partial charge in [0.05, 0.1) is 19.3 Å². The first kappa shape index (κ1) is 17.0. The highest BCUT2D eigenvalue weighted by molar-refractivity contribution is 5.95. The summed E-state index contributed by atoms with van der Waals surface area (Å²) in [5, 5.41) is 3.09. The van der Waals surface area contributed by atoms with Crippen LogP contribution < -0.4 is 10.1 Å². The van der Waals surface area contributed by atoms with Gasteiger partial charge in [-0.15, -0.1) is 0 Å². The van der Waals surface area contributed by atoms with E-state index in [1.165, 1.54) is 0 Å². The van der Waals surface area contributed by atoms with Gasteiger partial charge in [0, 0.05) is 12.7 Å². The number of hydrogen-bond donors (Lipinski definition) is 1. The summed E-state index contributed by atoms with van der Waals surface area (Å²) in [6.45, 7) is 4.26. The van der Waals surface area contributed by atoms with Crippen molar-refractivity contribution in [2.75, 3.05) is 20.8 Å². The first-order valence-corrected chi connectivity index (χ1v) is 7.52. The third-order valence-corrected chi connectivity index (χ3v) is 3.89. The summed E-state index contributed by atoms with van der Waals surface area (Å²) >= 11 is 0. The van der Waals surface area contributed by atoms with E-state index in [2.05, 4.69) is 5.32 Å². The molecule has 0 aliphatic carbocycles. The summed E-state index contributed by atoms with van der Waals surface area (Å²) in [5.41, 5.74) is 1.93. The van der Waals surface area contributed by atoms with Crippen molar-refractivity contribution in [3.8, 4) is 5.75 Å². The molecule has 4 nitrogen and oxygen atoms in total. The molecule has 122 valence electrons. The SMILES string of the molecule is COCC(C)(NC(=O)c1ccc(OC)c(C)c1)c1ccccc1. The molecule has 0 radical (unpaired) electrons. The van der Waals surface area contributed by atoms with Crippen LogP contribution in [0.1, 0.15) is 28.4 Å². The summed E-state index contributed by atoms with van der Waals surface area (Å²) < 4.78 is 10.6. The zero-order valence-corrected chi connectivity index (χ0v) is 14.1. The van der Waals surface area contributed by atoms with Crippen molar-refractivity contribution in [3.63, 3.8) is 0 Å². The lowest BCUT2D eigenvalue weighted by Gasteiger charge is -2.31. The number of methoxy groups -OCH3 is 2. The van der Waals surface area contributed by atoms with Crippen molar-refractivity contribution in [2.45, 2.75) is 19.4 Å². The predicted octanol–water partition coefficient (Wildman–Crippen LogP) is 3.30. The number of amides is 1. The van der Waals surface area contributed by atoms with Gasteiger partial charge in [-0.25, -0.2) is 0 Å². The summed E-state index contributed by atoms with van der Waals surface area (Å²) in [4.78, 5) is 12.7. The Labute approximate surface area is 137 Å². The quantitative estimate of drug-likeness (QED) is 0.890. The van der Waals surface area contributed by atoms with Gasteiger partial charge in [0.15, 0.2) is 0 Å². The molecule has 1 unspecified atom stereocenters. The van der Waals surface area contributed by atoms with E-state index in [1.54, 1.807) is 26.4 Å². The second-order valence-corrected chi connectivity index (χ2v) is 5.77. The number of aryl methyl sites for hydroxylation is 1. The maximum absolute atomic E-state index is 12.7. The third kappa shape index (κ3) is 3.90. The van der Waals surface area contributed by atoms with Gasteiger partial charge in [-0.3, -0.25) is 4.79 Å². The lowest BCUT2D eigenvalue weighted by Crippen LogP contribution is -2.46. The van der Waals surface area contributed by atoms with Crippen LogP contribution in [0.2, 0.25) is 0 Å². The number of hydrogen-bond acceptors (Lipinski definition) is 3. The smallest absolute Gasteiger partial charge is 0.252 e. The Hall–Kier alpha value is -2.33. The largest absolute Gasteiger partial charge is 0.496 e. The molecule has 0 bridgehead atoms. The first-order chi connectivity index (χ1) is 11.0. The second kappa shape index (κ2) is 7.29. The van der Waals surface area contributed by atoms with Gasteiger partial charge in [0.1, 0.15) is 5.75 Å². The number of carbonyl (C=O) groups excluding carboxylic acids is 1. The maximum atomic E-state index is 12.7. The van der Waals surface area contributed by atoms with Crippen LogP contribution in [0.5, 0.6) is 5.75 Å². The van der Waals surface area contributed by atoms with Crippen LogP contribution in [0.15, 0.2) is 48.5 Å². The highest BCUT2D eigenvalue weighted by Crippen LogP contribution is 2.23. The molecule has 4 heteroatoms. The molecular weight excluding hydrogens is 290 g/mol. The molecule has 0 aromatic heterocycles. The van der Waals surface area contributed by atoms with Crippen molar-refractivity contribution in [3.05, 3.63) is 65.2 Å². The van der Waals surface area contributed by atoms with Gasteiger partial charge in [-0.2, -0.15) is 0 Å². The van der Waals surface area contributed by atoms with Gasteiger partial charge < -0.3 is 14.8 Å². The number of benzene rings is 2. The van der Waals surface area contributed by atoms with Crippen LogP contribution in [0, 0.1) is 6.92 Å². The van der Waals surface area contributed by atoms with Gasteiger partial charge in [0.2, 0.25) is 0 Å². The fraction of sp³-hybridized carbons (Fsp3) is 0.316. The average Bonchev–Trinajstić information content (AvgIpc) is 2.55.